The first-order chi connectivity index (χ1) is 16.9. The first-order valence-corrected chi connectivity index (χ1v) is 11.8. The largest absolute Gasteiger partial charge is 0.484 e. The van der Waals surface area contributed by atoms with Gasteiger partial charge in [-0.1, -0.05) is 30.3 Å². The van der Waals surface area contributed by atoms with E-state index in [9.17, 15) is 14.4 Å². The normalized spacial score (nSPS) is 10.7. The van der Waals surface area contributed by atoms with Gasteiger partial charge in [0.25, 0.3) is 11.5 Å². The Morgan fingerprint density at radius 2 is 1.77 bits per heavy atom. The number of ketones is 1. The van der Waals surface area contributed by atoms with Crippen molar-refractivity contribution in [1.82, 2.24) is 20.1 Å². The van der Waals surface area contributed by atoms with Crippen LogP contribution in [0.25, 0.3) is 21.1 Å². The molecule has 0 fully saturated rings. The molecule has 2 aromatic heterocycles. The summed E-state index contributed by atoms with van der Waals surface area (Å²) < 4.78 is 6.78. The highest BCUT2D eigenvalue weighted by Crippen LogP contribution is 2.33. The molecule has 35 heavy (non-hydrogen) atoms. The summed E-state index contributed by atoms with van der Waals surface area (Å²) >= 11 is 1.52. The van der Waals surface area contributed by atoms with Crippen molar-refractivity contribution in [3.63, 3.8) is 0 Å². The molecule has 0 atom stereocenters. The molecule has 9 heteroatoms. The summed E-state index contributed by atoms with van der Waals surface area (Å²) in [6.07, 6.45) is 0. The van der Waals surface area contributed by atoms with E-state index in [0.29, 0.717) is 17.0 Å². The van der Waals surface area contributed by atoms with Crippen molar-refractivity contribution in [3.05, 3.63) is 88.3 Å². The van der Waals surface area contributed by atoms with E-state index in [0.717, 1.165) is 21.1 Å². The third-order valence-electron chi connectivity index (χ3n) is 5.19. The maximum atomic E-state index is 12.3. The number of nitrogens with zero attached hydrogens (tertiary/aromatic N) is 3. The van der Waals surface area contributed by atoms with Crippen LogP contribution in [0.15, 0.2) is 71.5 Å². The number of benzene rings is 2. The lowest BCUT2D eigenvalue weighted by Crippen LogP contribution is -2.34. The molecule has 0 saturated heterocycles. The zero-order valence-corrected chi connectivity index (χ0v) is 20.2. The number of hydrogen-bond acceptors (Lipinski definition) is 7. The molecule has 4 aromatic rings. The number of carbonyl (C=O) groups is 2. The molecule has 0 aliphatic rings. The van der Waals surface area contributed by atoms with E-state index in [1.807, 2.05) is 37.3 Å². The average molecular weight is 489 g/mol. The summed E-state index contributed by atoms with van der Waals surface area (Å²) in [5, 5.41) is 8.10. The van der Waals surface area contributed by atoms with Crippen LogP contribution in [-0.4, -0.2) is 39.6 Å². The second kappa shape index (κ2) is 10.9. The van der Waals surface area contributed by atoms with Crippen LogP contribution >= 0.6 is 11.3 Å². The van der Waals surface area contributed by atoms with Crippen molar-refractivity contribution in [3.8, 4) is 26.9 Å². The van der Waals surface area contributed by atoms with Gasteiger partial charge in [0.15, 0.2) is 12.4 Å². The van der Waals surface area contributed by atoms with Crippen molar-refractivity contribution < 1.29 is 14.3 Å². The lowest BCUT2D eigenvalue weighted by atomic mass is 10.1. The van der Waals surface area contributed by atoms with Crippen molar-refractivity contribution in [2.24, 2.45) is 0 Å². The highest BCUT2D eigenvalue weighted by Gasteiger charge is 2.14. The van der Waals surface area contributed by atoms with Gasteiger partial charge in [0.1, 0.15) is 16.5 Å². The van der Waals surface area contributed by atoms with Crippen LogP contribution < -0.4 is 15.6 Å². The second-order valence-corrected chi connectivity index (χ2v) is 8.80. The van der Waals surface area contributed by atoms with E-state index in [-0.39, 0.29) is 36.9 Å². The van der Waals surface area contributed by atoms with Gasteiger partial charge < -0.3 is 10.1 Å². The predicted octanol–water partition coefficient (Wildman–Crippen LogP) is 3.74. The molecular formula is C26H24N4O4S. The Morgan fingerprint density at radius 1 is 1.03 bits per heavy atom. The van der Waals surface area contributed by atoms with Gasteiger partial charge in [0, 0.05) is 23.7 Å². The molecule has 2 aromatic carbocycles. The fourth-order valence-electron chi connectivity index (χ4n) is 3.36. The number of carbonyl (C=O) groups excluding carboxylic acids is 2. The Bertz CT molecular complexity index is 1400. The van der Waals surface area contributed by atoms with Crippen LogP contribution in [0.5, 0.6) is 5.75 Å². The van der Waals surface area contributed by atoms with E-state index < -0.39 is 0 Å². The first-order valence-electron chi connectivity index (χ1n) is 11.0. The van der Waals surface area contributed by atoms with Gasteiger partial charge >= 0.3 is 0 Å². The number of rotatable bonds is 9. The molecule has 1 amide bonds. The first kappa shape index (κ1) is 24.0. The van der Waals surface area contributed by atoms with Gasteiger partial charge in [-0.2, -0.15) is 5.10 Å². The molecule has 0 bridgehead atoms. The van der Waals surface area contributed by atoms with Gasteiger partial charge in [-0.3, -0.25) is 14.4 Å². The molecular weight excluding hydrogens is 464 g/mol. The molecule has 2 heterocycles. The number of aryl methyl sites for hydroxylation is 1. The summed E-state index contributed by atoms with van der Waals surface area (Å²) in [6, 6.07) is 19.6. The van der Waals surface area contributed by atoms with Gasteiger partial charge in [-0.05, 0) is 44.2 Å². The number of amides is 1. The smallest absolute Gasteiger partial charge is 0.266 e. The van der Waals surface area contributed by atoms with Crippen molar-refractivity contribution >= 4 is 23.0 Å². The minimum absolute atomic E-state index is 0.0376. The standard InChI is InChI=1S/C26H24N4O4S/c1-17-25(35-26(28-17)20-6-4-3-5-7-20)22-12-13-24(33)30(29-22)15-14-27-23(32)16-34-21-10-8-19(9-11-21)18(2)31/h3-13H,14-16H2,1-2H3,(H,27,32). The van der Waals surface area contributed by atoms with Crippen LogP contribution in [0.2, 0.25) is 0 Å². The summed E-state index contributed by atoms with van der Waals surface area (Å²) in [5.41, 5.74) is 2.85. The van der Waals surface area contributed by atoms with Crippen molar-refractivity contribution in [1.29, 1.82) is 0 Å². The van der Waals surface area contributed by atoms with E-state index in [1.165, 1.54) is 29.0 Å². The van der Waals surface area contributed by atoms with Crippen LogP contribution in [0, 0.1) is 6.92 Å². The van der Waals surface area contributed by atoms with Crippen LogP contribution in [0.4, 0.5) is 0 Å². The van der Waals surface area contributed by atoms with Gasteiger partial charge in [0.2, 0.25) is 0 Å². The Hall–Kier alpha value is -4.11. The maximum Gasteiger partial charge on any atom is 0.266 e. The Morgan fingerprint density at radius 3 is 2.49 bits per heavy atom. The number of thiazole rings is 1. The highest BCUT2D eigenvalue weighted by molar-refractivity contribution is 7.18. The zero-order valence-electron chi connectivity index (χ0n) is 19.4. The lowest BCUT2D eigenvalue weighted by Gasteiger charge is -2.09. The molecule has 0 aliphatic carbocycles. The Labute approximate surface area is 206 Å². The number of hydrogen-bond donors (Lipinski definition) is 1. The van der Waals surface area contributed by atoms with Crippen LogP contribution in [-0.2, 0) is 11.3 Å². The third-order valence-corrected chi connectivity index (χ3v) is 6.42. The topological polar surface area (TPSA) is 103 Å². The lowest BCUT2D eigenvalue weighted by molar-refractivity contribution is -0.123. The van der Waals surface area contributed by atoms with E-state index in [4.69, 9.17) is 4.74 Å². The Kier molecular flexibility index (Phi) is 7.47. The predicted molar refractivity (Wildman–Crippen MR) is 135 cm³/mol. The monoisotopic (exact) mass is 488 g/mol. The summed E-state index contributed by atoms with van der Waals surface area (Å²) in [5.74, 6) is 0.130. The molecule has 0 radical (unpaired) electrons. The minimum Gasteiger partial charge on any atom is -0.484 e. The molecule has 0 unspecified atom stereocenters. The fraction of sp³-hybridized carbons (Fsp3) is 0.192. The molecule has 8 nitrogen and oxygen atoms in total. The maximum absolute atomic E-state index is 12.3. The average Bonchev–Trinajstić information content (AvgIpc) is 3.26. The summed E-state index contributed by atoms with van der Waals surface area (Å²) in [7, 11) is 0. The number of aromatic nitrogens is 3. The SMILES string of the molecule is CC(=O)c1ccc(OCC(=O)NCCn2nc(-c3sc(-c4ccccc4)nc3C)ccc2=O)cc1. The molecule has 4 rings (SSSR count). The second-order valence-electron chi connectivity index (χ2n) is 7.80. The molecule has 0 spiro atoms. The quantitative estimate of drug-likeness (QED) is 0.360. The third kappa shape index (κ3) is 6.07. The van der Waals surface area contributed by atoms with Crippen molar-refractivity contribution in [2.75, 3.05) is 13.2 Å². The van der Waals surface area contributed by atoms with Crippen LogP contribution in [0.1, 0.15) is 23.0 Å². The van der Waals surface area contributed by atoms with E-state index >= 15 is 0 Å². The van der Waals surface area contributed by atoms with E-state index in [2.05, 4.69) is 15.4 Å². The van der Waals surface area contributed by atoms with Gasteiger partial charge in [-0.15, -0.1) is 11.3 Å². The fourth-order valence-corrected chi connectivity index (χ4v) is 4.39. The highest BCUT2D eigenvalue weighted by atomic mass is 32.1. The van der Waals surface area contributed by atoms with Crippen molar-refractivity contribution in [2.45, 2.75) is 20.4 Å². The zero-order chi connectivity index (χ0) is 24.8. The van der Waals surface area contributed by atoms with Gasteiger partial charge in [0.05, 0.1) is 17.1 Å². The number of nitrogens with one attached hydrogen (secondary N) is 1. The number of Topliss-reactive ketones (excluding diaryl/α,β-unsaturated/α-hetero) is 1. The summed E-state index contributed by atoms with van der Waals surface area (Å²) in [6.45, 7) is 3.67. The Balaban J connectivity index is 1.35. The van der Waals surface area contributed by atoms with Crippen LogP contribution in [0.3, 0.4) is 0 Å². The van der Waals surface area contributed by atoms with Gasteiger partial charge in [-0.25, -0.2) is 9.67 Å². The molecule has 0 aliphatic heterocycles. The number of ether oxygens (including phenoxy) is 1. The minimum atomic E-state index is -0.323. The molecule has 178 valence electrons. The molecule has 1 N–H and O–H groups in total. The molecule has 0 saturated carbocycles. The summed E-state index contributed by atoms with van der Waals surface area (Å²) in [4.78, 5) is 41.3. The van der Waals surface area contributed by atoms with E-state index in [1.54, 1.807) is 30.3 Å².